The molecule has 0 saturated heterocycles. The van der Waals surface area contributed by atoms with Crippen molar-refractivity contribution in [1.82, 2.24) is 5.43 Å². The van der Waals surface area contributed by atoms with Gasteiger partial charge in [-0.3, -0.25) is 4.79 Å². The van der Waals surface area contributed by atoms with Gasteiger partial charge in [0.25, 0.3) is 5.91 Å². The van der Waals surface area contributed by atoms with Crippen LogP contribution in [0.4, 0.5) is 4.39 Å². The van der Waals surface area contributed by atoms with Crippen molar-refractivity contribution in [3.63, 3.8) is 0 Å². The predicted octanol–water partition coefficient (Wildman–Crippen LogP) is 4.97. The van der Waals surface area contributed by atoms with E-state index in [9.17, 15) is 9.18 Å². The van der Waals surface area contributed by atoms with Crippen LogP contribution in [0.1, 0.15) is 34.8 Å². The fourth-order valence-corrected chi connectivity index (χ4v) is 2.78. The number of amides is 1. The van der Waals surface area contributed by atoms with Gasteiger partial charge in [0.05, 0.1) is 19.9 Å². The van der Waals surface area contributed by atoms with Crippen molar-refractivity contribution in [3.05, 3.63) is 89.2 Å². The van der Waals surface area contributed by atoms with Gasteiger partial charge < -0.3 is 14.2 Å². The Morgan fingerprint density at radius 1 is 1.00 bits per heavy atom. The molecule has 0 spiro atoms. The van der Waals surface area contributed by atoms with Gasteiger partial charge in [0.1, 0.15) is 18.2 Å². The minimum Gasteiger partial charge on any atom is -0.494 e. The number of benzene rings is 3. The molecule has 1 N–H and O–H groups in total. The molecule has 0 fully saturated rings. The summed E-state index contributed by atoms with van der Waals surface area (Å²) >= 11 is 0. The lowest BCUT2D eigenvalue weighted by atomic mass is 10.2. The molecular formula is C25H25FN2O4. The smallest absolute Gasteiger partial charge is 0.271 e. The van der Waals surface area contributed by atoms with Gasteiger partial charge in [-0.1, -0.05) is 19.1 Å². The molecule has 0 aliphatic carbocycles. The number of ether oxygens (including phenoxy) is 3. The Bertz CT molecular complexity index is 1050. The summed E-state index contributed by atoms with van der Waals surface area (Å²) in [5.74, 6) is 1.17. The van der Waals surface area contributed by atoms with Gasteiger partial charge in [-0.05, 0) is 72.1 Å². The van der Waals surface area contributed by atoms with E-state index in [1.165, 1.54) is 25.5 Å². The van der Waals surface area contributed by atoms with E-state index in [2.05, 4.69) is 10.5 Å². The van der Waals surface area contributed by atoms with E-state index in [0.29, 0.717) is 23.7 Å². The summed E-state index contributed by atoms with van der Waals surface area (Å²) in [6.07, 6.45) is 2.44. The van der Waals surface area contributed by atoms with Gasteiger partial charge in [0.2, 0.25) is 0 Å². The fraction of sp³-hybridized carbons (Fsp3) is 0.200. The highest BCUT2D eigenvalue weighted by molar-refractivity contribution is 5.95. The molecule has 6 nitrogen and oxygen atoms in total. The van der Waals surface area contributed by atoms with E-state index >= 15 is 0 Å². The van der Waals surface area contributed by atoms with Crippen LogP contribution in [0.25, 0.3) is 0 Å². The molecule has 1 amide bonds. The molecular weight excluding hydrogens is 411 g/mol. The van der Waals surface area contributed by atoms with Gasteiger partial charge in [-0.25, -0.2) is 9.82 Å². The number of hydrogen-bond donors (Lipinski definition) is 1. The van der Waals surface area contributed by atoms with Crippen molar-refractivity contribution in [2.24, 2.45) is 5.10 Å². The molecule has 3 aromatic rings. The zero-order chi connectivity index (χ0) is 22.8. The number of carbonyl (C=O) groups excluding carboxylic acids is 1. The minimum absolute atomic E-state index is 0.280. The second-order valence-electron chi connectivity index (χ2n) is 6.90. The standard InChI is InChI=1S/C25H25FN2O4/c1-3-14-31-22-11-7-20(8-12-22)25(29)28-27-16-19-6-13-23(24(15-19)30-2)32-17-18-4-9-21(26)10-5-18/h4-13,15-16H,3,14,17H2,1-2H3,(H,28,29)/b27-16+. The molecule has 0 radical (unpaired) electrons. The van der Waals surface area contributed by atoms with Gasteiger partial charge >= 0.3 is 0 Å². The molecule has 0 aromatic heterocycles. The third-order valence-corrected chi connectivity index (χ3v) is 4.46. The van der Waals surface area contributed by atoms with Crippen LogP contribution in [-0.4, -0.2) is 25.8 Å². The largest absolute Gasteiger partial charge is 0.494 e. The number of hydrogen-bond acceptors (Lipinski definition) is 5. The van der Waals surface area contributed by atoms with E-state index in [1.54, 1.807) is 54.6 Å². The average Bonchev–Trinajstić information content (AvgIpc) is 2.83. The van der Waals surface area contributed by atoms with Crippen molar-refractivity contribution in [3.8, 4) is 17.2 Å². The Kier molecular flexibility index (Phi) is 8.20. The maximum Gasteiger partial charge on any atom is 0.271 e. The Balaban J connectivity index is 1.57. The number of nitrogens with one attached hydrogen (secondary N) is 1. The molecule has 0 aliphatic rings. The van der Waals surface area contributed by atoms with Crippen molar-refractivity contribution in [2.75, 3.05) is 13.7 Å². The molecule has 0 aliphatic heterocycles. The van der Waals surface area contributed by atoms with Crippen LogP contribution in [0.2, 0.25) is 0 Å². The van der Waals surface area contributed by atoms with Crippen molar-refractivity contribution < 1.29 is 23.4 Å². The second-order valence-corrected chi connectivity index (χ2v) is 6.90. The normalized spacial score (nSPS) is 10.7. The zero-order valence-electron chi connectivity index (χ0n) is 18.0. The lowest BCUT2D eigenvalue weighted by Crippen LogP contribution is -2.17. The molecule has 0 unspecified atom stereocenters. The van der Waals surface area contributed by atoms with E-state index in [4.69, 9.17) is 14.2 Å². The lowest BCUT2D eigenvalue weighted by Gasteiger charge is -2.11. The molecule has 7 heteroatoms. The fourth-order valence-electron chi connectivity index (χ4n) is 2.78. The number of carbonyl (C=O) groups is 1. The van der Waals surface area contributed by atoms with Crippen LogP contribution < -0.4 is 19.6 Å². The first-order valence-electron chi connectivity index (χ1n) is 10.2. The highest BCUT2D eigenvalue weighted by Gasteiger charge is 2.07. The Morgan fingerprint density at radius 2 is 1.75 bits per heavy atom. The summed E-state index contributed by atoms with van der Waals surface area (Å²) in [7, 11) is 1.54. The van der Waals surface area contributed by atoms with E-state index in [-0.39, 0.29) is 18.3 Å². The Morgan fingerprint density at radius 3 is 2.44 bits per heavy atom. The Labute approximate surface area is 186 Å². The predicted molar refractivity (Wildman–Crippen MR) is 121 cm³/mol. The first-order chi connectivity index (χ1) is 15.6. The average molecular weight is 436 g/mol. The summed E-state index contributed by atoms with van der Waals surface area (Å²) in [5.41, 5.74) is 4.54. The SMILES string of the molecule is CCCOc1ccc(C(=O)N/N=C/c2ccc(OCc3ccc(F)cc3)c(OC)c2)cc1. The molecule has 0 atom stereocenters. The van der Waals surface area contributed by atoms with Crippen LogP contribution in [0.5, 0.6) is 17.2 Å². The zero-order valence-corrected chi connectivity index (χ0v) is 18.0. The summed E-state index contributed by atoms with van der Waals surface area (Å²) in [6, 6.07) is 18.3. The van der Waals surface area contributed by atoms with Gasteiger partial charge in [0.15, 0.2) is 11.5 Å². The lowest BCUT2D eigenvalue weighted by molar-refractivity contribution is 0.0955. The van der Waals surface area contributed by atoms with Gasteiger partial charge in [-0.15, -0.1) is 0 Å². The number of rotatable bonds is 10. The molecule has 32 heavy (non-hydrogen) atoms. The summed E-state index contributed by atoms with van der Waals surface area (Å²) in [6.45, 7) is 2.95. The van der Waals surface area contributed by atoms with Gasteiger partial charge in [0, 0.05) is 5.56 Å². The van der Waals surface area contributed by atoms with Crippen LogP contribution >= 0.6 is 0 Å². The molecule has 0 saturated carbocycles. The quantitative estimate of drug-likeness (QED) is 0.360. The molecule has 166 valence electrons. The summed E-state index contributed by atoms with van der Waals surface area (Å²) < 4.78 is 29.7. The van der Waals surface area contributed by atoms with Crippen LogP contribution in [0, 0.1) is 5.82 Å². The number of nitrogens with zero attached hydrogens (tertiary/aromatic N) is 1. The van der Waals surface area contributed by atoms with E-state index < -0.39 is 0 Å². The van der Waals surface area contributed by atoms with E-state index in [1.807, 2.05) is 6.92 Å². The molecule has 0 bridgehead atoms. The minimum atomic E-state index is -0.325. The maximum absolute atomic E-state index is 13.0. The number of hydrazone groups is 1. The first-order valence-corrected chi connectivity index (χ1v) is 10.2. The highest BCUT2D eigenvalue weighted by atomic mass is 19.1. The van der Waals surface area contributed by atoms with Crippen LogP contribution in [-0.2, 0) is 6.61 Å². The summed E-state index contributed by atoms with van der Waals surface area (Å²) in [4.78, 5) is 12.2. The van der Waals surface area contributed by atoms with Crippen molar-refractivity contribution in [1.29, 1.82) is 0 Å². The monoisotopic (exact) mass is 436 g/mol. The molecule has 3 aromatic carbocycles. The van der Waals surface area contributed by atoms with E-state index in [0.717, 1.165) is 23.3 Å². The van der Waals surface area contributed by atoms with Crippen LogP contribution in [0.3, 0.4) is 0 Å². The van der Waals surface area contributed by atoms with Crippen molar-refractivity contribution >= 4 is 12.1 Å². The highest BCUT2D eigenvalue weighted by Crippen LogP contribution is 2.28. The van der Waals surface area contributed by atoms with Crippen molar-refractivity contribution in [2.45, 2.75) is 20.0 Å². The number of methoxy groups -OCH3 is 1. The maximum atomic E-state index is 13.0. The molecule has 0 heterocycles. The third-order valence-electron chi connectivity index (χ3n) is 4.46. The Hall–Kier alpha value is -3.87. The first kappa shape index (κ1) is 22.8. The second kappa shape index (κ2) is 11.5. The van der Waals surface area contributed by atoms with Gasteiger partial charge in [-0.2, -0.15) is 5.10 Å². The molecule has 3 rings (SSSR count). The topological polar surface area (TPSA) is 69.2 Å². The number of halogens is 1. The summed E-state index contributed by atoms with van der Waals surface area (Å²) in [5, 5.41) is 4.01. The van der Waals surface area contributed by atoms with Crippen LogP contribution in [0.15, 0.2) is 71.8 Å². The third kappa shape index (κ3) is 6.57.